The molecule has 5 nitrogen and oxygen atoms in total. The first-order valence-electron chi connectivity index (χ1n) is 3.81. The average Bonchev–Trinajstić information content (AvgIpc) is 2.03. The molecule has 0 heterocycles. The Morgan fingerprint density at radius 1 is 0.909 bits per heavy atom. The summed E-state index contributed by atoms with van der Waals surface area (Å²) >= 11 is 0. The van der Waals surface area contributed by atoms with Gasteiger partial charge in [-0.2, -0.15) is 0 Å². The molecular weight excluding hydrogens is 144 g/mol. The number of rotatable bonds is 8. The molecule has 5 heteroatoms. The summed E-state index contributed by atoms with van der Waals surface area (Å²) in [6, 6.07) is 0. The maximum atomic E-state index is 5.20. The fourth-order valence-corrected chi connectivity index (χ4v) is 0.595. The molecule has 0 aliphatic heterocycles. The smallest absolute Gasteiger partial charge is 0.0592 e. The van der Waals surface area contributed by atoms with Crippen LogP contribution in [0.4, 0.5) is 0 Å². The van der Waals surface area contributed by atoms with Gasteiger partial charge in [0.25, 0.3) is 0 Å². The van der Waals surface area contributed by atoms with Crippen LogP contribution < -0.4 is 22.1 Å². The van der Waals surface area contributed by atoms with E-state index in [0.29, 0.717) is 26.6 Å². The van der Waals surface area contributed by atoms with Crippen LogP contribution >= 0.6 is 0 Å². The topological polar surface area (TPSA) is 85.3 Å². The van der Waals surface area contributed by atoms with Crippen molar-refractivity contribution in [3.63, 3.8) is 0 Å². The average molecular weight is 162 g/mol. The third kappa shape index (κ3) is 9.80. The Labute approximate surface area is 67.5 Å². The summed E-state index contributed by atoms with van der Waals surface area (Å²) in [5.74, 6) is 0. The van der Waals surface area contributed by atoms with Crippen molar-refractivity contribution in [1.29, 1.82) is 0 Å². The molecule has 0 aliphatic rings. The van der Waals surface area contributed by atoms with Gasteiger partial charge in [0.1, 0.15) is 0 Å². The zero-order valence-electron chi connectivity index (χ0n) is 6.81. The van der Waals surface area contributed by atoms with Crippen molar-refractivity contribution in [2.75, 3.05) is 39.6 Å². The largest absolute Gasteiger partial charge is 0.379 e. The van der Waals surface area contributed by atoms with Gasteiger partial charge in [0.15, 0.2) is 0 Å². The van der Waals surface area contributed by atoms with Crippen molar-refractivity contribution in [1.82, 2.24) is 10.6 Å². The van der Waals surface area contributed by atoms with E-state index in [-0.39, 0.29) is 0 Å². The van der Waals surface area contributed by atoms with Gasteiger partial charge in [-0.1, -0.05) is 0 Å². The summed E-state index contributed by atoms with van der Waals surface area (Å²) in [6.07, 6.45) is 0. The van der Waals surface area contributed by atoms with Crippen LogP contribution in [0.15, 0.2) is 0 Å². The van der Waals surface area contributed by atoms with Crippen LogP contribution in [0.3, 0.4) is 0 Å². The lowest BCUT2D eigenvalue weighted by molar-refractivity contribution is 0.138. The van der Waals surface area contributed by atoms with E-state index in [4.69, 9.17) is 16.2 Å². The molecule has 0 fully saturated rings. The number of nitrogens with two attached hydrogens (primary N) is 2. The van der Waals surface area contributed by atoms with Gasteiger partial charge >= 0.3 is 0 Å². The van der Waals surface area contributed by atoms with Gasteiger partial charge in [-0.15, -0.1) is 0 Å². The van der Waals surface area contributed by atoms with Crippen molar-refractivity contribution >= 4 is 0 Å². The molecule has 0 atom stereocenters. The highest BCUT2D eigenvalue weighted by molar-refractivity contribution is 4.42. The van der Waals surface area contributed by atoms with Crippen LogP contribution in [-0.4, -0.2) is 39.6 Å². The molecule has 0 amide bonds. The van der Waals surface area contributed by atoms with E-state index in [2.05, 4.69) is 10.6 Å². The molecule has 0 spiro atoms. The molecule has 11 heavy (non-hydrogen) atoms. The number of ether oxygens (including phenoxy) is 1. The van der Waals surface area contributed by atoms with E-state index in [9.17, 15) is 0 Å². The minimum atomic E-state index is 0.504. The molecule has 0 radical (unpaired) electrons. The van der Waals surface area contributed by atoms with Gasteiger partial charge in [-0.05, 0) is 0 Å². The molecular formula is C6H18N4O. The minimum Gasteiger partial charge on any atom is -0.379 e. The predicted octanol–water partition coefficient (Wildman–Crippen LogP) is -1.99. The second-order valence-electron chi connectivity index (χ2n) is 2.02. The zero-order valence-corrected chi connectivity index (χ0v) is 6.81. The third-order valence-corrected chi connectivity index (χ3v) is 1.14. The highest BCUT2D eigenvalue weighted by atomic mass is 16.5. The van der Waals surface area contributed by atoms with Crippen LogP contribution in [0.25, 0.3) is 0 Å². The predicted molar refractivity (Wildman–Crippen MR) is 44.9 cm³/mol. The monoisotopic (exact) mass is 162 g/mol. The lowest BCUT2D eigenvalue weighted by Crippen LogP contribution is -2.29. The lowest BCUT2D eigenvalue weighted by atomic mass is 10.6. The van der Waals surface area contributed by atoms with Crippen molar-refractivity contribution in [3.8, 4) is 0 Å². The fraction of sp³-hybridized carbons (Fsp3) is 1.00. The summed E-state index contributed by atoms with van der Waals surface area (Å²) in [6.45, 7) is 4.01. The van der Waals surface area contributed by atoms with E-state index in [0.717, 1.165) is 13.1 Å². The SMILES string of the molecule is NCNCCOCCNCN. The molecule has 0 aromatic rings. The van der Waals surface area contributed by atoms with Gasteiger partial charge in [-0.3, -0.25) is 0 Å². The molecule has 0 aromatic heterocycles. The van der Waals surface area contributed by atoms with Gasteiger partial charge in [-0.25, -0.2) is 0 Å². The van der Waals surface area contributed by atoms with Crippen molar-refractivity contribution < 1.29 is 4.74 Å². The Bertz CT molecular complexity index is 63.6. The van der Waals surface area contributed by atoms with Gasteiger partial charge < -0.3 is 26.8 Å². The van der Waals surface area contributed by atoms with E-state index in [1.807, 2.05) is 0 Å². The normalized spacial score (nSPS) is 10.4. The molecule has 68 valence electrons. The van der Waals surface area contributed by atoms with Crippen molar-refractivity contribution in [2.24, 2.45) is 11.5 Å². The highest BCUT2D eigenvalue weighted by Crippen LogP contribution is 1.70. The highest BCUT2D eigenvalue weighted by Gasteiger charge is 1.86. The zero-order chi connectivity index (χ0) is 8.36. The molecule has 0 rings (SSSR count). The Morgan fingerprint density at radius 3 is 1.73 bits per heavy atom. The van der Waals surface area contributed by atoms with Crippen molar-refractivity contribution in [2.45, 2.75) is 0 Å². The van der Waals surface area contributed by atoms with E-state index in [1.54, 1.807) is 0 Å². The second-order valence-corrected chi connectivity index (χ2v) is 2.02. The molecule has 0 saturated heterocycles. The second kappa shape index (κ2) is 9.80. The Kier molecular flexibility index (Phi) is 9.62. The Morgan fingerprint density at radius 2 is 1.36 bits per heavy atom. The first-order chi connectivity index (χ1) is 5.41. The lowest BCUT2D eigenvalue weighted by Gasteiger charge is -2.04. The molecule has 0 aliphatic carbocycles. The number of nitrogens with one attached hydrogen (secondary N) is 2. The Hall–Kier alpha value is -0.200. The van der Waals surface area contributed by atoms with Gasteiger partial charge in [0, 0.05) is 26.4 Å². The van der Waals surface area contributed by atoms with Gasteiger partial charge in [0.05, 0.1) is 13.2 Å². The standard InChI is InChI=1S/C6H18N4O/c7-5-9-1-3-11-4-2-10-6-8/h9-10H,1-8H2. The van der Waals surface area contributed by atoms with E-state index in [1.165, 1.54) is 0 Å². The van der Waals surface area contributed by atoms with Crippen LogP contribution in [0.2, 0.25) is 0 Å². The summed E-state index contributed by atoms with van der Waals surface area (Å²) in [7, 11) is 0. The van der Waals surface area contributed by atoms with Crippen molar-refractivity contribution in [3.05, 3.63) is 0 Å². The minimum absolute atomic E-state index is 0.504. The summed E-state index contributed by atoms with van der Waals surface area (Å²) < 4.78 is 5.20. The van der Waals surface area contributed by atoms with Crippen LogP contribution in [0.5, 0.6) is 0 Å². The first kappa shape index (κ1) is 10.8. The summed E-state index contributed by atoms with van der Waals surface area (Å²) in [4.78, 5) is 0. The van der Waals surface area contributed by atoms with Crippen LogP contribution in [0.1, 0.15) is 0 Å². The maximum absolute atomic E-state index is 5.20. The van der Waals surface area contributed by atoms with Gasteiger partial charge in [0.2, 0.25) is 0 Å². The molecule has 0 unspecified atom stereocenters. The molecule has 0 bridgehead atoms. The van der Waals surface area contributed by atoms with Crippen LogP contribution in [-0.2, 0) is 4.74 Å². The van der Waals surface area contributed by atoms with E-state index >= 15 is 0 Å². The Balaban J connectivity index is 2.69. The van der Waals surface area contributed by atoms with Crippen LogP contribution in [0, 0.1) is 0 Å². The quantitative estimate of drug-likeness (QED) is 0.245. The molecule has 6 N–H and O–H groups in total. The molecule has 0 aromatic carbocycles. The first-order valence-corrected chi connectivity index (χ1v) is 3.81. The summed E-state index contributed by atoms with van der Waals surface area (Å²) in [5.41, 5.74) is 10.4. The summed E-state index contributed by atoms with van der Waals surface area (Å²) in [5, 5.41) is 5.89. The number of hydrogen-bond acceptors (Lipinski definition) is 5. The number of hydrogen-bond donors (Lipinski definition) is 4. The van der Waals surface area contributed by atoms with E-state index < -0.39 is 0 Å². The maximum Gasteiger partial charge on any atom is 0.0592 e. The molecule has 0 saturated carbocycles. The fourth-order valence-electron chi connectivity index (χ4n) is 0.595. The third-order valence-electron chi connectivity index (χ3n) is 1.14.